The molecule has 21 heavy (non-hydrogen) atoms. The van der Waals surface area contributed by atoms with E-state index < -0.39 is 6.36 Å². The molecule has 0 aliphatic carbocycles. The first-order chi connectivity index (χ1) is 9.89. The lowest BCUT2D eigenvalue weighted by molar-refractivity contribution is -0.274. The molecule has 2 aromatic rings. The summed E-state index contributed by atoms with van der Waals surface area (Å²) >= 11 is 5.95. The van der Waals surface area contributed by atoms with Crippen LogP contribution in [0.4, 0.5) is 24.7 Å². The minimum Gasteiger partial charge on any atom is -0.406 e. The van der Waals surface area contributed by atoms with Crippen molar-refractivity contribution in [3.05, 3.63) is 41.3 Å². The Labute approximate surface area is 123 Å². The summed E-state index contributed by atoms with van der Waals surface area (Å²) in [7, 11) is 0. The van der Waals surface area contributed by atoms with Gasteiger partial charge in [-0.15, -0.1) is 13.2 Å². The van der Waals surface area contributed by atoms with Crippen LogP contribution in [0.2, 0.25) is 5.15 Å². The molecule has 1 aromatic heterocycles. The van der Waals surface area contributed by atoms with Gasteiger partial charge in [0, 0.05) is 17.3 Å². The molecular formula is C13H11ClF3N3O. The van der Waals surface area contributed by atoms with Crippen molar-refractivity contribution in [2.24, 2.45) is 0 Å². The maximum Gasteiger partial charge on any atom is 0.573 e. The largest absolute Gasteiger partial charge is 0.573 e. The Bertz CT molecular complexity index is 634. The SMILES string of the molecule is CCc1c(Cl)ncnc1Nc1cccc(OC(F)(F)F)c1. The van der Waals surface area contributed by atoms with Crippen molar-refractivity contribution in [1.29, 1.82) is 0 Å². The van der Waals surface area contributed by atoms with Crippen LogP contribution in [-0.4, -0.2) is 16.3 Å². The standard InChI is InChI=1S/C13H11ClF3N3O/c1-2-10-11(14)18-7-19-12(10)20-8-4-3-5-9(6-8)21-13(15,16)17/h3-7H,2H2,1H3,(H,18,19,20). The van der Waals surface area contributed by atoms with Gasteiger partial charge in [-0.1, -0.05) is 24.6 Å². The van der Waals surface area contributed by atoms with Gasteiger partial charge >= 0.3 is 6.36 Å². The quantitative estimate of drug-likeness (QED) is 0.852. The van der Waals surface area contributed by atoms with Gasteiger partial charge in [0.05, 0.1) is 0 Å². The smallest absolute Gasteiger partial charge is 0.406 e. The number of nitrogens with one attached hydrogen (secondary N) is 1. The van der Waals surface area contributed by atoms with Crippen molar-refractivity contribution < 1.29 is 17.9 Å². The summed E-state index contributed by atoms with van der Waals surface area (Å²) in [5, 5.41) is 3.21. The molecule has 0 amide bonds. The van der Waals surface area contributed by atoms with Crippen LogP contribution in [-0.2, 0) is 6.42 Å². The number of alkyl halides is 3. The first-order valence-electron chi connectivity index (χ1n) is 6.01. The highest BCUT2D eigenvalue weighted by Gasteiger charge is 2.31. The van der Waals surface area contributed by atoms with Gasteiger partial charge in [0.1, 0.15) is 23.0 Å². The number of ether oxygens (including phenoxy) is 1. The minimum atomic E-state index is -4.73. The first kappa shape index (κ1) is 15.4. The van der Waals surface area contributed by atoms with Gasteiger partial charge in [-0.05, 0) is 18.6 Å². The second-order valence-corrected chi connectivity index (χ2v) is 4.40. The summed E-state index contributed by atoms with van der Waals surface area (Å²) in [4.78, 5) is 7.90. The van der Waals surface area contributed by atoms with Crippen molar-refractivity contribution in [3.63, 3.8) is 0 Å². The average molecular weight is 318 g/mol. The van der Waals surface area contributed by atoms with Gasteiger partial charge in [0.15, 0.2) is 0 Å². The van der Waals surface area contributed by atoms with E-state index in [-0.39, 0.29) is 5.75 Å². The third-order valence-corrected chi connectivity index (χ3v) is 2.90. The summed E-state index contributed by atoms with van der Waals surface area (Å²) in [6.45, 7) is 1.87. The molecule has 0 radical (unpaired) electrons. The van der Waals surface area contributed by atoms with E-state index in [9.17, 15) is 13.2 Å². The van der Waals surface area contributed by atoms with Crippen LogP contribution in [0, 0.1) is 0 Å². The zero-order valence-corrected chi connectivity index (χ0v) is 11.7. The molecule has 8 heteroatoms. The number of hydrogen-bond donors (Lipinski definition) is 1. The molecule has 1 aromatic carbocycles. The van der Waals surface area contributed by atoms with E-state index in [1.165, 1.54) is 24.5 Å². The van der Waals surface area contributed by atoms with Gasteiger partial charge in [-0.3, -0.25) is 0 Å². The molecule has 0 fully saturated rings. The van der Waals surface area contributed by atoms with Crippen LogP contribution >= 0.6 is 11.6 Å². The van der Waals surface area contributed by atoms with E-state index in [1.54, 1.807) is 6.07 Å². The predicted molar refractivity (Wildman–Crippen MR) is 72.8 cm³/mol. The number of nitrogens with zero attached hydrogens (tertiary/aromatic N) is 2. The van der Waals surface area contributed by atoms with Crippen LogP contribution in [0.25, 0.3) is 0 Å². The van der Waals surface area contributed by atoms with Crippen molar-refractivity contribution in [1.82, 2.24) is 9.97 Å². The highest BCUT2D eigenvalue weighted by Crippen LogP contribution is 2.28. The highest BCUT2D eigenvalue weighted by atomic mass is 35.5. The molecule has 1 N–H and O–H groups in total. The number of hydrogen-bond acceptors (Lipinski definition) is 4. The number of halogens is 4. The molecule has 0 spiro atoms. The van der Waals surface area contributed by atoms with E-state index in [0.717, 1.165) is 0 Å². The minimum absolute atomic E-state index is 0.303. The van der Waals surface area contributed by atoms with Gasteiger partial charge in [0.25, 0.3) is 0 Å². The summed E-state index contributed by atoms with van der Waals surface area (Å²) in [6, 6.07) is 5.48. The Balaban J connectivity index is 2.24. The lowest BCUT2D eigenvalue weighted by Crippen LogP contribution is -2.17. The fourth-order valence-corrected chi connectivity index (χ4v) is 1.99. The maximum absolute atomic E-state index is 12.2. The second-order valence-electron chi connectivity index (χ2n) is 4.05. The van der Waals surface area contributed by atoms with E-state index in [2.05, 4.69) is 20.0 Å². The Hall–Kier alpha value is -2.02. The van der Waals surface area contributed by atoms with Gasteiger partial charge in [0.2, 0.25) is 0 Å². The summed E-state index contributed by atoms with van der Waals surface area (Å²) < 4.78 is 40.4. The molecule has 0 bridgehead atoms. The Morgan fingerprint density at radius 1 is 1.29 bits per heavy atom. The molecule has 0 saturated carbocycles. The van der Waals surface area contributed by atoms with Crippen LogP contribution in [0.5, 0.6) is 5.75 Å². The normalized spacial score (nSPS) is 11.3. The van der Waals surface area contributed by atoms with Crippen molar-refractivity contribution in [3.8, 4) is 5.75 Å². The molecule has 2 rings (SSSR count). The third-order valence-electron chi connectivity index (χ3n) is 2.58. The van der Waals surface area contributed by atoms with Crippen LogP contribution in [0.15, 0.2) is 30.6 Å². The fraction of sp³-hybridized carbons (Fsp3) is 0.231. The zero-order chi connectivity index (χ0) is 15.5. The van der Waals surface area contributed by atoms with E-state index in [4.69, 9.17) is 11.6 Å². The lowest BCUT2D eigenvalue weighted by atomic mass is 10.2. The van der Waals surface area contributed by atoms with Gasteiger partial charge in [-0.25, -0.2) is 9.97 Å². The van der Waals surface area contributed by atoms with Crippen molar-refractivity contribution in [2.75, 3.05) is 5.32 Å². The Kier molecular flexibility index (Phi) is 4.52. The molecule has 112 valence electrons. The highest BCUT2D eigenvalue weighted by molar-refractivity contribution is 6.30. The molecular weight excluding hydrogens is 307 g/mol. The van der Waals surface area contributed by atoms with Crippen LogP contribution < -0.4 is 10.1 Å². The first-order valence-corrected chi connectivity index (χ1v) is 6.39. The number of anilines is 2. The Morgan fingerprint density at radius 2 is 2.05 bits per heavy atom. The lowest BCUT2D eigenvalue weighted by Gasteiger charge is -2.12. The summed E-state index contributed by atoms with van der Waals surface area (Å²) in [5.41, 5.74) is 1.09. The fourth-order valence-electron chi connectivity index (χ4n) is 1.72. The molecule has 0 atom stereocenters. The average Bonchev–Trinajstić information content (AvgIpc) is 2.37. The Morgan fingerprint density at radius 3 is 2.71 bits per heavy atom. The predicted octanol–water partition coefficient (Wildman–Crippen LogP) is 4.33. The van der Waals surface area contributed by atoms with E-state index in [0.29, 0.717) is 28.6 Å². The number of rotatable bonds is 4. The molecule has 0 aliphatic rings. The molecule has 0 unspecified atom stereocenters. The van der Waals surface area contributed by atoms with Gasteiger partial charge in [-0.2, -0.15) is 0 Å². The number of benzene rings is 1. The van der Waals surface area contributed by atoms with E-state index in [1.807, 2.05) is 6.92 Å². The van der Waals surface area contributed by atoms with Crippen LogP contribution in [0.3, 0.4) is 0 Å². The molecule has 1 heterocycles. The molecule has 4 nitrogen and oxygen atoms in total. The van der Waals surface area contributed by atoms with Gasteiger partial charge < -0.3 is 10.1 Å². The van der Waals surface area contributed by atoms with E-state index >= 15 is 0 Å². The zero-order valence-electron chi connectivity index (χ0n) is 10.9. The monoisotopic (exact) mass is 317 g/mol. The van der Waals surface area contributed by atoms with Crippen LogP contribution in [0.1, 0.15) is 12.5 Å². The summed E-state index contributed by atoms with van der Waals surface area (Å²) in [5.74, 6) is 0.132. The van der Waals surface area contributed by atoms with Crippen molar-refractivity contribution in [2.45, 2.75) is 19.7 Å². The maximum atomic E-state index is 12.2. The number of aromatic nitrogens is 2. The topological polar surface area (TPSA) is 47.0 Å². The third kappa shape index (κ3) is 4.22. The summed E-state index contributed by atoms with van der Waals surface area (Å²) in [6.07, 6.45) is -2.87. The molecule has 0 saturated heterocycles. The second kappa shape index (κ2) is 6.17. The van der Waals surface area contributed by atoms with Crippen molar-refractivity contribution >= 4 is 23.1 Å². The molecule has 0 aliphatic heterocycles.